The van der Waals surface area contributed by atoms with Crippen LogP contribution in [0.15, 0.2) is 48.8 Å². The third-order valence-corrected chi connectivity index (χ3v) is 6.90. The van der Waals surface area contributed by atoms with Gasteiger partial charge in [0, 0.05) is 44.1 Å². The molecule has 1 aromatic heterocycles. The molecular formula is C21H27N3O4S. The minimum atomic E-state index is -3.40. The highest BCUT2D eigenvalue weighted by Crippen LogP contribution is 2.18. The zero-order valence-corrected chi connectivity index (χ0v) is 17.5. The molecule has 7 nitrogen and oxygen atoms in total. The predicted molar refractivity (Wildman–Crippen MR) is 111 cm³/mol. The Bertz CT molecular complexity index is 913. The summed E-state index contributed by atoms with van der Waals surface area (Å²) in [4.78, 5) is 18.7. The number of ether oxygens (including phenoxy) is 1. The van der Waals surface area contributed by atoms with E-state index in [4.69, 9.17) is 4.74 Å². The van der Waals surface area contributed by atoms with E-state index < -0.39 is 10.0 Å². The molecule has 1 saturated heterocycles. The average molecular weight is 418 g/mol. The van der Waals surface area contributed by atoms with Gasteiger partial charge in [0.05, 0.1) is 12.9 Å². The van der Waals surface area contributed by atoms with Gasteiger partial charge < -0.3 is 9.64 Å². The lowest BCUT2D eigenvalue weighted by Crippen LogP contribution is -2.41. The molecular weight excluding hydrogens is 390 g/mol. The summed E-state index contributed by atoms with van der Waals surface area (Å²) in [5, 5.41) is 0. The van der Waals surface area contributed by atoms with Crippen molar-refractivity contribution in [1.82, 2.24) is 14.2 Å². The summed E-state index contributed by atoms with van der Waals surface area (Å²) in [7, 11) is -1.85. The molecule has 8 heteroatoms. The van der Waals surface area contributed by atoms with Crippen LogP contribution in [-0.2, 0) is 16.6 Å². The molecule has 29 heavy (non-hydrogen) atoms. The van der Waals surface area contributed by atoms with E-state index in [1.807, 2.05) is 12.1 Å². The first-order chi connectivity index (χ1) is 14.0. The highest BCUT2D eigenvalue weighted by molar-refractivity contribution is 7.89. The van der Waals surface area contributed by atoms with Crippen molar-refractivity contribution in [2.75, 3.05) is 32.5 Å². The monoisotopic (exact) mass is 417 g/mol. The molecule has 1 fully saturated rings. The van der Waals surface area contributed by atoms with Crippen LogP contribution in [0.1, 0.15) is 35.2 Å². The van der Waals surface area contributed by atoms with E-state index in [1.54, 1.807) is 53.0 Å². The highest BCUT2D eigenvalue weighted by atomic mass is 32.2. The summed E-state index contributed by atoms with van der Waals surface area (Å²) in [6.45, 7) is 1.57. The zero-order valence-electron chi connectivity index (χ0n) is 16.7. The first-order valence-electron chi connectivity index (χ1n) is 9.79. The number of hydrogen-bond donors (Lipinski definition) is 0. The number of piperidine rings is 1. The van der Waals surface area contributed by atoms with Crippen LogP contribution in [0.25, 0.3) is 0 Å². The Morgan fingerprint density at radius 2 is 1.86 bits per heavy atom. The molecule has 0 aliphatic carbocycles. The quantitative estimate of drug-likeness (QED) is 0.659. The van der Waals surface area contributed by atoms with Gasteiger partial charge >= 0.3 is 0 Å². The molecule has 1 aromatic carbocycles. The van der Waals surface area contributed by atoms with Crippen molar-refractivity contribution >= 4 is 15.9 Å². The average Bonchev–Trinajstić information content (AvgIpc) is 2.77. The van der Waals surface area contributed by atoms with E-state index in [0.717, 1.165) is 24.8 Å². The second kappa shape index (κ2) is 9.84. The number of carbonyl (C=O) groups excluding carboxylic acids is 1. The minimum absolute atomic E-state index is 0.0895. The van der Waals surface area contributed by atoms with Gasteiger partial charge in [-0.05, 0) is 48.7 Å². The van der Waals surface area contributed by atoms with Crippen molar-refractivity contribution in [3.63, 3.8) is 0 Å². The fourth-order valence-electron chi connectivity index (χ4n) is 3.40. The number of pyridine rings is 1. The Kier molecular flexibility index (Phi) is 7.22. The number of amides is 1. The molecule has 2 aromatic rings. The van der Waals surface area contributed by atoms with Crippen LogP contribution in [0.4, 0.5) is 0 Å². The molecule has 0 atom stereocenters. The first-order valence-corrected chi connectivity index (χ1v) is 11.4. The number of benzene rings is 1. The molecule has 0 spiro atoms. The lowest BCUT2D eigenvalue weighted by Gasteiger charge is -2.28. The van der Waals surface area contributed by atoms with Crippen LogP contribution < -0.4 is 4.74 Å². The Morgan fingerprint density at radius 3 is 2.55 bits per heavy atom. The number of rotatable bonds is 8. The van der Waals surface area contributed by atoms with Gasteiger partial charge in [-0.1, -0.05) is 12.5 Å². The molecule has 0 unspecified atom stereocenters. The van der Waals surface area contributed by atoms with Gasteiger partial charge in [0.1, 0.15) is 5.75 Å². The summed E-state index contributed by atoms with van der Waals surface area (Å²) in [6, 6.07) is 10.5. The van der Waals surface area contributed by atoms with Gasteiger partial charge in [0.25, 0.3) is 5.91 Å². The minimum Gasteiger partial charge on any atom is -0.497 e. The molecule has 156 valence electrons. The number of hydrogen-bond acceptors (Lipinski definition) is 5. The summed E-state index contributed by atoms with van der Waals surface area (Å²) in [5.74, 6) is 0.267. The SMILES string of the molecule is COc1cccc(C(=O)N(CCS(=O)(=O)N2CCCCC2)Cc2ccncc2)c1. The maximum absolute atomic E-state index is 13.2. The summed E-state index contributed by atoms with van der Waals surface area (Å²) in [6.07, 6.45) is 6.17. The number of sulfonamides is 1. The maximum Gasteiger partial charge on any atom is 0.254 e. The van der Waals surface area contributed by atoms with Crippen LogP contribution in [0.3, 0.4) is 0 Å². The fraction of sp³-hybridized carbons (Fsp3) is 0.429. The summed E-state index contributed by atoms with van der Waals surface area (Å²) < 4.78 is 32.3. The summed E-state index contributed by atoms with van der Waals surface area (Å²) >= 11 is 0. The largest absolute Gasteiger partial charge is 0.497 e. The Hall–Kier alpha value is -2.45. The van der Waals surface area contributed by atoms with Crippen LogP contribution >= 0.6 is 0 Å². The topological polar surface area (TPSA) is 79.8 Å². The van der Waals surface area contributed by atoms with Gasteiger partial charge in [0.15, 0.2) is 0 Å². The fourth-order valence-corrected chi connectivity index (χ4v) is 4.92. The van der Waals surface area contributed by atoms with Gasteiger partial charge in [-0.15, -0.1) is 0 Å². The molecule has 0 bridgehead atoms. The normalized spacial score (nSPS) is 15.1. The number of nitrogens with zero attached hydrogens (tertiary/aromatic N) is 3. The number of carbonyl (C=O) groups is 1. The second-order valence-electron chi connectivity index (χ2n) is 7.09. The maximum atomic E-state index is 13.2. The van der Waals surface area contributed by atoms with Gasteiger partial charge in [-0.2, -0.15) is 0 Å². The molecule has 2 heterocycles. The van der Waals surface area contributed by atoms with Crippen molar-refractivity contribution in [2.24, 2.45) is 0 Å². The van der Waals surface area contributed by atoms with Crippen molar-refractivity contribution in [3.8, 4) is 5.75 Å². The standard InChI is InChI=1S/C21H27N3O4S/c1-28-20-7-5-6-19(16-20)21(25)23(17-18-8-10-22-11-9-18)14-15-29(26,27)24-12-3-2-4-13-24/h5-11,16H,2-4,12-15,17H2,1H3. The second-order valence-corrected chi connectivity index (χ2v) is 9.18. The lowest BCUT2D eigenvalue weighted by molar-refractivity contribution is 0.0753. The third kappa shape index (κ3) is 5.77. The van der Waals surface area contributed by atoms with E-state index in [-0.39, 0.29) is 18.2 Å². The molecule has 1 aliphatic heterocycles. The van der Waals surface area contributed by atoms with Crippen LogP contribution in [0.5, 0.6) is 5.75 Å². The van der Waals surface area contributed by atoms with E-state index in [1.165, 1.54) is 0 Å². The van der Waals surface area contributed by atoms with Crippen molar-refractivity contribution in [2.45, 2.75) is 25.8 Å². The molecule has 1 aliphatic rings. The lowest BCUT2D eigenvalue weighted by atomic mass is 10.1. The van der Waals surface area contributed by atoms with Crippen molar-refractivity contribution in [1.29, 1.82) is 0 Å². The van der Waals surface area contributed by atoms with Crippen molar-refractivity contribution in [3.05, 3.63) is 59.9 Å². The van der Waals surface area contributed by atoms with Gasteiger partial charge in [-0.3, -0.25) is 9.78 Å². The molecule has 3 rings (SSSR count). The van der Waals surface area contributed by atoms with E-state index in [2.05, 4.69) is 4.98 Å². The molecule has 1 amide bonds. The first kappa shape index (κ1) is 21.3. The van der Waals surface area contributed by atoms with E-state index >= 15 is 0 Å². The highest BCUT2D eigenvalue weighted by Gasteiger charge is 2.26. The zero-order chi connectivity index (χ0) is 20.7. The van der Waals surface area contributed by atoms with Crippen molar-refractivity contribution < 1.29 is 17.9 Å². The molecule has 0 radical (unpaired) electrons. The Balaban J connectivity index is 1.77. The predicted octanol–water partition coefficient (Wildman–Crippen LogP) is 2.55. The summed E-state index contributed by atoms with van der Waals surface area (Å²) in [5.41, 5.74) is 1.36. The Labute approximate surface area is 172 Å². The van der Waals surface area contributed by atoms with Gasteiger partial charge in [0.2, 0.25) is 10.0 Å². The van der Waals surface area contributed by atoms with Crippen LogP contribution in [0, 0.1) is 0 Å². The number of aromatic nitrogens is 1. The van der Waals surface area contributed by atoms with E-state index in [0.29, 0.717) is 30.9 Å². The number of methoxy groups -OCH3 is 1. The van der Waals surface area contributed by atoms with Crippen LogP contribution in [0.2, 0.25) is 0 Å². The Morgan fingerprint density at radius 1 is 1.14 bits per heavy atom. The molecule has 0 N–H and O–H groups in total. The van der Waals surface area contributed by atoms with Gasteiger partial charge in [-0.25, -0.2) is 12.7 Å². The molecule has 0 saturated carbocycles. The van der Waals surface area contributed by atoms with Crippen LogP contribution in [-0.4, -0.2) is 61.0 Å². The smallest absolute Gasteiger partial charge is 0.254 e. The third-order valence-electron chi connectivity index (χ3n) is 5.05. The van der Waals surface area contributed by atoms with E-state index in [9.17, 15) is 13.2 Å².